The van der Waals surface area contributed by atoms with Crippen LogP contribution in [0.15, 0.2) is 22.8 Å². The molecule has 102 valence electrons. The number of likely N-dealkylation sites (tertiary alicyclic amines) is 1. The average Bonchev–Trinajstić information content (AvgIpc) is 2.82. The third kappa shape index (κ3) is 3.25. The molecule has 6 heteroatoms. The quantitative estimate of drug-likeness (QED) is 0.938. The Labute approximate surface area is 121 Å². The second-order valence-corrected chi connectivity index (χ2v) is 5.83. The smallest absolute Gasteiger partial charge is 0.243 e. The van der Waals surface area contributed by atoms with E-state index in [9.17, 15) is 0 Å². The lowest BCUT2D eigenvalue weighted by molar-refractivity contribution is 0.237. The normalized spacial score (nSPS) is 16.9. The maximum Gasteiger partial charge on any atom is 0.243 e. The summed E-state index contributed by atoms with van der Waals surface area (Å²) in [5.41, 5.74) is 0.865. The molecule has 19 heavy (non-hydrogen) atoms. The molecule has 1 N–H and O–H groups in total. The van der Waals surface area contributed by atoms with Gasteiger partial charge in [-0.05, 0) is 54.0 Å². The summed E-state index contributed by atoms with van der Waals surface area (Å²) in [4.78, 5) is 6.94. The molecule has 0 saturated carbocycles. The Morgan fingerprint density at radius 1 is 1.21 bits per heavy atom. The molecule has 0 atom stereocenters. The number of nitrogens with zero attached hydrogens (tertiary/aromatic N) is 4. The van der Waals surface area contributed by atoms with Crippen LogP contribution in [0.25, 0.3) is 5.65 Å². The topological polar surface area (TPSA) is 45.5 Å². The number of hydrogen-bond acceptors (Lipinski definition) is 4. The molecule has 0 unspecified atom stereocenters. The van der Waals surface area contributed by atoms with Crippen LogP contribution in [-0.4, -0.2) is 45.7 Å². The lowest BCUT2D eigenvalue weighted by Crippen LogP contribution is -2.33. The molecular weight excluding hydrogens is 306 g/mol. The van der Waals surface area contributed by atoms with Crippen molar-refractivity contribution in [2.24, 2.45) is 0 Å². The molecule has 0 bridgehead atoms. The highest BCUT2D eigenvalue weighted by Gasteiger charge is 2.09. The lowest BCUT2D eigenvalue weighted by atomic mass is 10.1. The van der Waals surface area contributed by atoms with Crippen molar-refractivity contribution in [2.75, 3.05) is 31.5 Å². The van der Waals surface area contributed by atoms with E-state index in [-0.39, 0.29) is 0 Å². The summed E-state index contributed by atoms with van der Waals surface area (Å²) in [7, 11) is 0. The number of hydrogen-bond donors (Lipinski definition) is 1. The molecule has 0 spiro atoms. The fraction of sp³-hybridized carbons (Fsp3) is 0.538. The van der Waals surface area contributed by atoms with Gasteiger partial charge in [-0.1, -0.05) is 6.42 Å². The highest BCUT2D eigenvalue weighted by molar-refractivity contribution is 9.10. The van der Waals surface area contributed by atoms with Crippen LogP contribution in [0.3, 0.4) is 0 Å². The van der Waals surface area contributed by atoms with Gasteiger partial charge in [0.15, 0.2) is 5.65 Å². The first kappa shape index (κ1) is 12.9. The number of nitrogens with one attached hydrogen (secondary N) is 1. The van der Waals surface area contributed by atoms with Crippen LogP contribution >= 0.6 is 15.9 Å². The zero-order valence-corrected chi connectivity index (χ0v) is 12.4. The third-order valence-electron chi connectivity index (χ3n) is 3.45. The van der Waals surface area contributed by atoms with Gasteiger partial charge in [-0.2, -0.15) is 4.98 Å². The average molecular weight is 324 g/mol. The number of fused-ring (bicyclic) bond motifs is 1. The lowest BCUT2D eigenvalue weighted by Gasteiger charge is -2.26. The van der Waals surface area contributed by atoms with Crippen molar-refractivity contribution >= 4 is 27.5 Å². The van der Waals surface area contributed by atoms with Gasteiger partial charge >= 0.3 is 0 Å². The van der Waals surface area contributed by atoms with Crippen LogP contribution in [0.5, 0.6) is 0 Å². The second-order valence-electron chi connectivity index (χ2n) is 4.91. The van der Waals surface area contributed by atoms with Crippen LogP contribution < -0.4 is 5.32 Å². The van der Waals surface area contributed by atoms with Crippen molar-refractivity contribution in [1.82, 2.24) is 19.5 Å². The van der Waals surface area contributed by atoms with E-state index < -0.39 is 0 Å². The Kier molecular flexibility index (Phi) is 3.98. The van der Waals surface area contributed by atoms with E-state index in [2.05, 4.69) is 36.2 Å². The molecule has 0 amide bonds. The standard InChI is InChI=1S/C13H18BrN5/c14-11-4-5-12-16-13(17-19(12)10-11)15-6-9-18-7-2-1-3-8-18/h4-5,10H,1-3,6-9H2,(H,15,17). The first-order valence-corrected chi connectivity index (χ1v) is 7.59. The molecule has 2 aromatic rings. The van der Waals surface area contributed by atoms with E-state index >= 15 is 0 Å². The van der Waals surface area contributed by atoms with Crippen molar-refractivity contribution in [3.05, 3.63) is 22.8 Å². The van der Waals surface area contributed by atoms with Gasteiger partial charge in [0, 0.05) is 23.8 Å². The summed E-state index contributed by atoms with van der Waals surface area (Å²) in [6.07, 6.45) is 5.96. The Hall–Kier alpha value is -1.14. The third-order valence-corrected chi connectivity index (χ3v) is 3.92. The minimum atomic E-state index is 0.704. The van der Waals surface area contributed by atoms with Crippen LogP contribution in [-0.2, 0) is 0 Å². The number of rotatable bonds is 4. The fourth-order valence-corrected chi connectivity index (χ4v) is 2.77. The molecular formula is C13H18BrN5. The Balaban J connectivity index is 1.56. The molecule has 0 aliphatic carbocycles. The minimum absolute atomic E-state index is 0.704. The number of halogens is 1. The number of anilines is 1. The minimum Gasteiger partial charge on any atom is -0.352 e. The van der Waals surface area contributed by atoms with Crippen LogP contribution in [0, 0.1) is 0 Å². The first-order chi connectivity index (χ1) is 9.31. The molecule has 1 aliphatic rings. The Morgan fingerprint density at radius 3 is 2.89 bits per heavy atom. The first-order valence-electron chi connectivity index (χ1n) is 6.79. The number of piperidine rings is 1. The van der Waals surface area contributed by atoms with Crippen molar-refractivity contribution in [1.29, 1.82) is 0 Å². The van der Waals surface area contributed by atoms with Crippen molar-refractivity contribution in [3.63, 3.8) is 0 Å². The fourth-order valence-electron chi connectivity index (χ4n) is 2.44. The van der Waals surface area contributed by atoms with Crippen LogP contribution in [0.4, 0.5) is 5.95 Å². The molecule has 5 nitrogen and oxygen atoms in total. The highest BCUT2D eigenvalue weighted by atomic mass is 79.9. The van der Waals surface area contributed by atoms with E-state index in [0.717, 1.165) is 23.2 Å². The number of aromatic nitrogens is 3. The molecule has 2 aromatic heterocycles. The predicted octanol–water partition coefficient (Wildman–Crippen LogP) is 2.39. The zero-order valence-electron chi connectivity index (χ0n) is 10.8. The molecule has 0 radical (unpaired) electrons. The maximum absolute atomic E-state index is 4.44. The van der Waals surface area contributed by atoms with Gasteiger partial charge in [-0.15, -0.1) is 5.10 Å². The van der Waals surface area contributed by atoms with Gasteiger partial charge in [-0.25, -0.2) is 4.52 Å². The molecule has 0 aromatic carbocycles. The van der Waals surface area contributed by atoms with Crippen LogP contribution in [0.1, 0.15) is 19.3 Å². The summed E-state index contributed by atoms with van der Waals surface area (Å²) >= 11 is 3.43. The molecule has 3 rings (SSSR count). The van der Waals surface area contributed by atoms with Gasteiger partial charge in [0.2, 0.25) is 5.95 Å². The van der Waals surface area contributed by atoms with Gasteiger partial charge in [0.05, 0.1) is 0 Å². The van der Waals surface area contributed by atoms with E-state index in [1.54, 1.807) is 4.52 Å². The van der Waals surface area contributed by atoms with E-state index in [1.165, 1.54) is 32.4 Å². The molecule has 1 fully saturated rings. The van der Waals surface area contributed by atoms with Gasteiger partial charge in [-0.3, -0.25) is 0 Å². The van der Waals surface area contributed by atoms with Crippen molar-refractivity contribution < 1.29 is 0 Å². The SMILES string of the molecule is Brc1ccc2nc(NCCN3CCCCC3)nn2c1. The summed E-state index contributed by atoms with van der Waals surface area (Å²) in [5, 5.41) is 7.70. The molecule has 1 saturated heterocycles. The number of pyridine rings is 1. The van der Waals surface area contributed by atoms with E-state index in [0.29, 0.717) is 5.95 Å². The zero-order chi connectivity index (χ0) is 13.1. The summed E-state index contributed by atoms with van der Waals surface area (Å²) in [5.74, 6) is 0.704. The molecule has 1 aliphatic heterocycles. The van der Waals surface area contributed by atoms with E-state index in [1.807, 2.05) is 18.3 Å². The predicted molar refractivity (Wildman–Crippen MR) is 79.5 cm³/mol. The van der Waals surface area contributed by atoms with E-state index in [4.69, 9.17) is 0 Å². The van der Waals surface area contributed by atoms with Crippen molar-refractivity contribution in [2.45, 2.75) is 19.3 Å². The Bertz CT molecular complexity index is 547. The Morgan fingerprint density at radius 2 is 2.05 bits per heavy atom. The summed E-state index contributed by atoms with van der Waals surface area (Å²) < 4.78 is 2.79. The molecule has 3 heterocycles. The van der Waals surface area contributed by atoms with Gasteiger partial charge in [0.25, 0.3) is 0 Å². The highest BCUT2D eigenvalue weighted by Crippen LogP contribution is 2.12. The van der Waals surface area contributed by atoms with Gasteiger partial charge < -0.3 is 10.2 Å². The second kappa shape index (κ2) is 5.88. The van der Waals surface area contributed by atoms with Crippen LogP contribution in [0.2, 0.25) is 0 Å². The monoisotopic (exact) mass is 323 g/mol. The summed E-state index contributed by atoms with van der Waals surface area (Å²) in [6.45, 7) is 4.43. The van der Waals surface area contributed by atoms with Crippen molar-refractivity contribution in [3.8, 4) is 0 Å². The van der Waals surface area contributed by atoms with Gasteiger partial charge in [0.1, 0.15) is 0 Å². The maximum atomic E-state index is 4.44. The summed E-state index contributed by atoms with van der Waals surface area (Å²) in [6, 6.07) is 3.93. The largest absolute Gasteiger partial charge is 0.352 e.